The first-order valence-corrected chi connectivity index (χ1v) is 7.59. The molecule has 0 aromatic carbocycles. The summed E-state index contributed by atoms with van der Waals surface area (Å²) in [5.74, 6) is 2.16. The van der Waals surface area contributed by atoms with Crippen molar-refractivity contribution in [3.63, 3.8) is 0 Å². The summed E-state index contributed by atoms with van der Waals surface area (Å²) in [6.07, 6.45) is 8.18. The number of ether oxygens (including phenoxy) is 1. The Morgan fingerprint density at radius 3 is 2.70 bits per heavy atom. The number of hydrogen-bond donors (Lipinski definition) is 1. The Bertz CT molecular complexity index is 419. The molecule has 1 N–H and O–H groups in total. The van der Waals surface area contributed by atoms with Gasteiger partial charge in [-0.15, -0.1) is 0 Å². The average molecular weight is 279 g/mol. The lowest BCUT2D eigenvalue weighted by molar-refractivity contribution is 0.0600. The number of nitrogens with one attached hydrogen (secondary N) is 1. The zero-order chi connectivity index (χ0) is 14.4. The van der Waals surface area contributed by atoms with Gasteiger partial charge in [0.05, 0.1) is 19.2 Å². The largest absolute Gasteiger partial charge is 0.467 e. The predicted octanol–water partition coefficient (Wildman–Crippen LogP) is 3.37. The van der Waals surface area contributed by atoms with Crippen molar-refractivity contribution >= 4 is 5.97 Å². The van der Waals surface area contributed by atoms with Crippen LogP contribution in [-0.4, -0.2) is 19.6 Å². The molecule has 1 saturated carbocycles. The Kier molecular flexibility index (Phi) is 5.65. The Morgan fingerprint density at radius 2 is 2.05 bits per heavy atom. The number of carbonyl (C=O) groups excluding carboxylic acids is 1. The number of methoxy groups -OCH3 is 1. The van der Waals surface area contributed by atoms with Crippen molar-refractivity contribution in [1.82, 2.24) is 5.32 Å². The molecule has 0 amide bonds. The van der Waals surface area contributed by atoms with Crippen molar-refractivity contribution < 1.29 is 13.9 Å². The summed E-state index contributed by atoms with van der Waals surface area (Å²) < 4.78 is 10.00. The fourth-order valence-corrected chi connectivity index (χ4v) is 2.94. The third-order valence-electron chi connectivity index (χ3n) is 4.35. The minimum absolute atomic E-state index is 0.349. The van der Waals surface area contributed by atoms with E-state index < -0.39 is 0 Å². The van der Waals surface area contributed by atoms with Crippen molar-refractivity contribution in [1.29, 1.82) is 0 Å². The van der Waals surface area contributed by atoms with Gasteiger partial charge in [-0.25, -0.2) is 4.79 Å². The second kappa shape index (κ2) is 7.48. The van der Waals surface area contributed by atoms with Crippen LogP contribution < -0.4 is 5.32 Å². The Balaban J connectivity index is 1.68. The van der Waals surface area contributed by atoms with Gasteiger partial charge in [0.2, 0.25) is 0 Å². The number of hydrogen-bond acceptors (Lipinski definition) is 4. The van der Waals surface area contributed by atoms with Crippen LogP contribution in [0.5, 0.6) is 0 Å². The summed E-state index contributed by atoms with van der Waals surface area (Å²) in [5.41, 5.74) is 0.479. The molecule has 1 aromatic rings. The van der Waals surface area contributed by atoms with Gasteiger partial charge in [-0.1, -0.05) is 26.2 Å². The van der Waals surface area contributed by atoms with Gasteiger partial charge in [0.1, 0.15) is 12.0 Å². The summed E-state index contributed by atoms with van der Waals surface area (Å²) in [6.45, 7) is 3.99. The lowest BCUT2D eigenvalue weighted by Crippen LogP contribution is -2.26. The highest BCUT2D eigenvalue weighted by atomic mass is 16.5. The molecule has 1 heterocycles. The average Bonchev–Trinajstić information content (AvgIpc) is 2.96. The van der Waals surface area contributed by atoms with E-state index in [1.807, 2.05) is 0 Å². The molecule has 0 spiro atoms. The van der Waals surface area contributed by atoms with E-state index in [0.29, 0.717) is 12.1 Å². The number of rotatable bonds is 6. The minimum atomic E-state index is -0.349. The van der Waals surface area contributed by atoms with Gasteiger partial charge < -0.3 is 14.5 Å². The molecule has 2 rings (SSSR count). The van der Waals surface area contributed by atoms with Gasteiger partial charge in [0, 0.05) is 0 Å². The second-order valence-electron chi connectivity index (χ2n) is 5.72. The van der Waals surface area contributed by atoms with E-state index in [0.717, 1.165) is 24.1 Å². The molecule has 1 fully saturated rings. The lowest BCUT2D eigenvalue weighted by Gasteiger charge is -2.27. The zero-order valence-corrected chi connectivity index (χ0v) is 12.5. The fourth-order valence-electron chi connectivity index (χ4n) is 2.94. The normalized spacial score (nSPS) is 22.7. The number of furan rings is 1. The van der Waals surface area contributed by atoms with Crippen LogP contribution in [-0.2, 0) is 11.3 Å². The zero-order valence-electron chi connectivity index (χ0n) is 12.5. The monoisotopic (exact) mass is 279 g/mol. The van der Waals surface area contributed by atoms with Gasteiger partial charge in [-0.2, -0.15) is 0 Å². The van der Waals surface area contributed by atoms with E-state index in [1.54, 1.807) is 6.07 Å². The summed E-state index contributed by atoms with van der Waals surface area (Å²) in [5, 5.41) is 3.43. The van der Waals surface area contributed by atoms with Gasteiger partial charge in [0.15, 0.2) is 0 Å². The van der Waals surface area contributed by atoms with Crippen LogP contribution in [0.4, 0.5) is 0 Å². The molecule has 0 saturated heterocycles. The first-order chi connectivity index (χ1) is 9.72. The highest BCUT2D eigenvalue weighted by Gasteiger charge is 2.19. The van der Waals surface area contributed by atoms with E-state index in [-0.39, 0.29) is 5.97 Å². The topological polar surface area (TPSA) is 51.5 Å². The summed E-state index contributed by atoms with van der Waals surface area (Å²) in [4.78, 5) is 11.3. The number of esters is 1. The highest BCUT2D eigenvalue weighted by molar-refractivity contribution is 5.88. The molecule has 20 heavy (non-hydrogen) atoms. The van der Waals surface area contributed by atoms with Crippen LogP contribution in [0, 0.1) is 11.8 Å². The van der Waals surface area contributed by atoms with Crippen molar-refractivity contribution in [2.45, 2.75) is 45.6 Å². The Hall–Kier alpha value is -1.29. The molecule has 0 bridgehead atoms. The maximum Gasteiger partial charge on any atom is 0.341 e. The van der Waals surface area contributed by atoms with E-state index in [2.05, 4.69) is 17.0 Å². The standard InChI is InChI=1S/C16H25NO3/c1-3-12-4-6-13(7-5-12)9-17-10-15-8-14(11-20-15)16(18)19-2/h8,11-13,17H,3-7,9-10H2,1-2H3. The third kappa shape index (κ3) is 4.10. The second-order valence-corrected chi connectivity index (χ2v) is 5.72. The highest BCUT2D eigenvalue weighted by Crippen LogP contribution is 2.30. The third-order valence-corrected chi connectivity index (χ3v) is 4.35. The van der Waals surface area contributed by atoms with Crippen molar-refractivity contribution in [3.8, 4) is 0 Å². The quantitative estimate of drug-likeness (QED) is 0.811. The van der Waals surface area contributed by atoms with Crippen LogP contribution in [0.25, 0.3) is 0 Å². The SMILES string of the molecule is CCC1CCC(CNCc2cc(C(=O)OC)co2)CC1. The molecule has 0 aliphatic heterocycles. The molecular weight excluding hydrogens is 254 g/mol. The van der Waals surface area contributed by atoms with E-state index in [4.69, 9.17) is 4.42 Å². The number of carbonyl (C=O) groups is 1. The molecular formula is C16H25NO3. The Morgan fingerprint density at radius 1 is 1.35 bits per heavy atom. The van der Waals surface area contributed by atoms with Crippen molar-refractivity contribution in [2.75, 3.05) is 13.7 Å². The maximum atomic E-state index is 11.3. The van der Waals surface area contributed by atoms with E-state index in [1.165, 1.54) is 45.5 Å². The maximum absolute atomic E-state index is 11.3. The summed E-state index contributed by atoms with van der Waals surface area (Å²) >= 11 is 0. The molecule has 0 atom stereocenters. The van der Waals surface area contributed by atoms with Crippen molar-refractivity contribution in [3.05, 3.63) is 23.7 Å². The summed E-state index contributed by atoms with van der Waals surface area (Å²) in [6, 6.07) is 1.74. The van der Waals surface area contributed by atoms with Gasteiger partial charge in [0.25, 0.3) is 0 Å². The fraction of sp³-hybridized carbons (Fsp3) is 0.688. The van der Waals surface area contributed by atoms with Crippen LogP contribution in [0.2, 0.25) is 0 Å². The molecule has 1 aromatic heterocycles. The summed E-state index contributed by atoms with van der Waals surface area (Å²) in [7, 11) is 1.37. The molecule has 112 valence electrons. The van der Waals surface area contributed by atoms with Crippen molar-refractivity contribution in [2.24, 2.45) is 11.8 Å². The Labute approximate surface area is 120 Å². The molecule has 1 aliphatic rings. The van der Waals surface area contributed by atoms with E-state index >= 15 is 0 Å². The van der Waals surface area contributed by atoms with E-state index in [9.17, 15) is 4.79 Å². The van der Waals surface area contributed by atoms with Crippen LogP contribution >= 0.6 is 0 Å². The predicted molar refractivity (Wildman–Crippen MR) is 77.5 cm³/mol. The molecule has 4 heteroatoms. The van der Waals surface area contributed by atoms with Gasteiger partial charge >= 0.3 is 5.97 Å². The molecule has 0 radical (unpaired) electrons. The van der Waals surface area contributed by atoms with Gasteiger partial charge in [-0.05, 0) is 37.3 Å². The van der Waals surface area contributed by atoms with Gasteiger partial charge in [-0.3, -0.25) is 0 Å². The molecule has 4 nitrogen and oxygen atoms in total. The lowest BCUT2D eigenvalue weighted by atomic mass is 9.81. The first-order valence-electron chi connectivity index (χ1n) is 7.59. The smallest absolute Gasteiger partial charge is 0.341 e. The van der Waals surface area contributed by atoms with Crippen LogP contribution in [0.15, 0.2) is 16.7 Å². The minimum Gasteiger partial charge on any atom is -0.467 e. The first kappa shape index (κ1) is 15.1. The van der Waals surface area contributed by atoms with Crippen LogP contribution in [0.3, 0.4) is 0 Å². The molecule has 0 unspecified atom stereocenters. The van der Waals surface area contributed by atoms with Crippen LogP contribution in [0.1, 0.15) is 55.1 Å². The molecule has 1 aliphatic carbocycles.